The van der Waals surface area contributed by atoms with Crippen LogP contribution < -0.4 is 0 Å². The summed E-state index contributed by atoms with van der Waals surface area (Å²) >= 11 is 0. The molecule has 1 aromatic heterocycles. The van der Waals surface area contributed by atoms with Crippen LogP contribution in [0.15, 0.2) is 6.07 Å². The van der Waals surface area contributed by atoms with Gasteiger partial charge in [0.1, 0.15) is 5.82 Å². The van der Waals surface area contributed by atoms with Gasteiger partial charge < -0.3 is 0 Å². The summed E-state index contributed by atoms with van der Waals surface area (Å²) in [7, 11) is 0. The Hall–Kier alpha value is -0.920. The van der Waals surface area contributed by atoms with Crippen LogP contribution in [0.4, 0.5) is 0 Å². The molecule has 17 heavy (non-hydrogen) atoms. The van der Waals surface area contributed by atoms with Gasteiger partial charge in [-0.2, -0.15) is 0 Å². The maximum absolute atomic E-state index is 4.73. The summed E-state index contributed by atoms with van der Waals surface area (Å²) in [6.07, 6.45) is 2.47. The lowest BCUT2D eigenvalue weighted by Gasteiger charge is -2.20. The van der Waals surface area contributed by atoms with Gasteiger partial charge in [0.25, 0.3) is 0 Å². The first-order valence-electron chi connectivity index (χ1n) is 6.68. The van der Waals surface area contributed by atoms with Gasteiger partial charge in [-0.15, -0.1) is 0 Å². The van der Waals surface area contributed by atoms with E-state index in [1.807, 2.05) is 13.8 Å². The minimum Gasteiger partial charge on any atom is -0.238 e. The molecule has 0 aliphatic heterocycles. The average molecular weight is 234 g/mol. The molecule has 0 bridgehead atoms. The summed E-state index contributed by atoms with van der Waals surface area (Å²) in [6.45, 7) is 14.9. The number of aryl methyl sites for hydroxylation is 1. The molecular weight excluding hydrogens is 208 g/mol. The minimum absolute atomic E-state index is 0.119. The fourth-order valence-electron chi connectivity index (χ4n) is 1.63. The van der Waals surface area contributed by atoms with Crippen molar-refractivity contribution in [3.05, 3.63) is 23.3 Å². The first-order chi connectivity index (χ1) is 7.81. The molecule has 1 aliphatic carbocycles. The Labute approximate surface area is 106 Å². The monoisotopic (exact) mass is 234 g/mol. The van der Waals surface area contributed by atoms with E-state index in [9.17, 15) is 0 Å². The first kappa shape index (κ1) is 14.1. The highest BCUT2D eigenvalue weighted by molar-refractivity contribution is 5.23. The van der Waals surface area contributed by atoms with Gasteiger partial charge in [0, 0.05) is 22.2 Å². The van der Waals surface area contributed by atoms with Gasteiger partial charge in [0.15, 0.2) is 0 Å². The van der Waals surface area contributed by atoms with Crippen molar-refractivity contribution in [3.8, 4) is 0 Å². The van der Waals surface area contributed by atoms with Crippen LogP contribution in [0.5, 0.6) is 0 Å². The standard InChI is InChI=1S/C13H20N2.C2H6/c1-9-8-10(12(2,3)4)15-11(14-9)13(5)6-7-13;1-2/h8H,6-7H2,1-5H3;1-2H3. The Bertz CT molecular complexity index is 361. The van der Waals surface area contributed by atoms with Crippen molar-refractivity contribution in [2.75, 3.05) is 0 Å². The van der Waals surface area contributed by atoms with E-state index in [1.54, 1.807) is 0 Å². The second-order valence-electron chi connectivity index (χ2n) is 6.03. The van der Waals surface area contributed by atoms with Crippen LogP contribution >= 0.6 is 0 Å². The first-order valence-corrected chi connectivity index (χ1v) is 6.68. The lowest BCUT2D eigenvalue weighted by Crippen LogP contribution is -2.18. The smallest absolute Gasteiger partial charge is 0.134 e. The zero-order chi connectivity index (χ0) is 13.3. The van der Waals surface area contributed by atoms with Gasteiger partial charge in [-0.3, -0.25) is 0 Å². The topological polar surface area (TPSA) is 25.8 Å². The van der Waals surface area contributed by atoms with Gasteiger partial charge in [0.2, 0.25) is 0 Å². The van der Waals surface area contributed by atoms with E-state index >= 15 is 0 Å². The zero-order valence-corrected chi connectivity index (χ0v) is 12.4. The second-order valence-corrected chi connectivity index (χ2v) is 6.03. The van der Waals surface area contributed by atoms with Gasteiger partial charge in [0.05, 0.1) is 0 Å². The Kier molecular flexibility index (Phi) is 3.95. The average Bonchev–Trinajstić information content (AvgIpc) is 2.99. The van der Waals surface area contributed by atoms with Crippen LogP contribution in [0.25, 0.3) is 0 Å². The van der Waals surface area contributed by atoms with Crippen molar-refractivity contribution in [3.63, 3.8) is 0 Å². The number of aromatic nitrogens is 2. The zero-order valence-electron chi connectivity index (χ0n) is 12.4. The molecule has 0 radical (unpaired) electrons. The van der Waals surface area contributed by atoms with Gasteiger partial charge in [-0.25, -0.2) is 9.97 Å². The molecule has 0 saturated heterocycles. The van der Waals surface area contributed by atoms with Crippen molar-refractivity contribution < 1.29 is 0 Å². The van der Waals surface area contributed by atoms with Crippen molar-refractivity contribution in [1.82, 2.24) is 9.97 Å². The van der Waals surface area contributed by atoms with Crippen LogP contribution in [-0.4, -0.2) is 9.97 Å². The third-order valence-corrected chi connectivity index (χ3v) is 3.16. The largest absolute Gasteiger partial charge is 0.238 e. The molecule has 1 saturated carbocycles. The highest BCUT2D eigenvalue weighted by Crippen LogP contribution is 2.46. The quantitative estimate of drug-likeness (QED) is 0.729. The molecule has 1 fully saturated rings. The highest BCUT2D eigenvalue weighted by atomic mass is 14.9. The van der Waals surface area contributed by atoms with Gasteiger partial charge >= 0.3 is 0 Å². The Morgan fingerprint density at radius 1 is 1.12 bits per heavy atom. The third kappa shape index (κ3) is 3.27. The van der Waals surface area contributed by atoms with E-state index in [2.05, 4.69) is 45.7 Å². The normalized spacial score (nSPS) is 17.1. The lowest BCUT2D eigenvalue weighted by atomic mass is 9.91. The van der Waals surface area contributed by atoms with Crippen LogP contribution in [0.3, 0.4) is 0 Å². The third-order valence-electron chi connectivity index (χ3n) is 3.16. The van der Waals surface area contributed by atoms with Gasteiger partial charge in [-0.05, 0) is 25.8 Å². The molecule has 1 aliphatic rings. The number of nitrogens with zero attached hydrogens (tertiary/aromatic N) is 2. The molecule has 0 unspecified atom stereocenters. The minimum atomic E-state index is 0.119. The highest BCUT2D eigenvalue weighted by Gasteiger charge is 2.42. The predicted molar refractivity (Wildman–Crippen MR) is 73.4 cm³/mol. The second kappa shape index (κ2) is 4.75. The van der Waals surface area contributed by atoms with E-state index in [1.165, 1.54) is 12.8 Å². The van der Waals surface area contributed by atoms with E-state index < -0.39 is 0 Å². The molecule has 2 nitrogen and oxygen atoms in total. The van der Waals surface area contributed by atoms with Crippen molar-refractivity contribution in [2.24, 2.45) is 0 Å². The predicted octanol–water partition coefficient (Wildman–Crippen LogP) is 4.16. The van der Waals surface area contributed by atoms with E-state index in [0.29, 0.717) is 0 Å². The maximum Gasteiger partial charge on any atom is 0.134 e. The molecule has 0 aromatic carbocycles. The van der Waals surface area contributed by atoms with Crippen LogP contribution in [0.1, 0.15) is 71.6 Å². The van der Waals surface area contributed by atoms with E-state index in [4.69, 9.17) is 4.98 Å². The molecule has 1 aromatic rings. The fraction of sp³-hybridized carbons (Fsp3) is 0.733. The molecule has 0 spiro atoms. The molecule has 0 N–H and O–H groups in total. The lowest BCUT2D eigenvalue weighted by molar-refractivity contribution is 0.552. The maximum atomic E-state index is 4.73. The summed E-state index contributed by atoms with van der Waals surface area (Å²) in [5, 5.41) is 0. The summed E-state index contributed by atoms with van der Waals surface area (Å²) in [5.74, 6) is 1.05. The molecule has 96 valence electrons. The summed E-state index contributed by atoms with van der Waals surface area (Å²) in [4.78, 5) is 9.30. The van der Waals surface area contributed by atoms with Crippen molar-refractivity contribution in [1.29, 1.82) is 0 Å². The molecule has 2 rings (SSSR count). The van der Waals surface area contributed by atoms with E-state index in [0.717, 1.165) is 17.2 Å². The molecular formula is C15H26N2. The number of hydrogen-bond acceptors (Lipinski definition) is 2. The van der Waals surface area contributed by atoms with Gasteiger partial charge in [-0.1, -0.05) is 41.5 Å². The molecule has 0 atom stereocenters. The Morgan fingerprint density at radius 3 is 2.06 bits per heavy atom. The molecule has 1 heterocycles. The summed E-state index contributed by atoms with van der Waals surface area (Å²) in [6, 6.07) is 2.11. The van der Waals surface area contributed by atoms with Crippen LogP contribution in [-0.2, 0) is 10.8 Å². The van der Waals surface area contributed by atoms with Crippen molar-refractivity contribution in [2.45, 2.75) is 72.1 Å². The number of hydrogen-bond donors (Lipinski definition) is 0. The molecule has 2 heteroatoms. The van der Waals surface area contributed by atoms with Crippen LogP contribution in [0.2, 0.25) is 0 Å². The Balaban J connectivity index is 0.000000686. The SMILES string of the molecule is CC.Cc1cc(C(C)(C)C)nc(C2(C)CC2)n1. The molecule has 0 amide bonds. The van der Waals surface area contributed by atoms with E-state index in [-0.39, 0.29) is 10.8 Å². The van der Waals surface area contributed by atoms with Crippen LogP contribution in [0, 0.1) is 6.92 Å². The number of rotatable bonds is 1. The fourth-order valence-corrected chi connectivity index (χ4v) is 1.63. The summed E-state index contributed by atoms with van der Waals surface area (Å²) < 4.78 is 0. The summed E-state index contributed by atoms with van der Waals surface area (Å²) in [5.41, 5.74) is 2.65. The Morgan fingerprint density at radius 2 is 1.65 bits per heavy atom. The van der Waals surface area contributed by atoms with Crippen molar-refractivity contribution >= 4 is 0 Å².